The summed E-state index contributed by atoms with van der Waals surface area (Å²) >= 11 is 0. The maximum absolute atomic E-state index is 12.0. The van der Waals surface area contributed by atoms with Gasteiger partial charge in [-0.15, -0.1) is 0 Å². The average Bonchev–Trinajstić information content (AvgIpc) is 3.24. The van der Waals surface area contributed by atoms with Crippen molar-refractivity contribution in [1.82, 2.24) is 14.7 Å². The minimum absolute atomic E-state index is 0.291. The molecule has 0 aromatic rings. The highest BCUT2D eigenvalue weighted by Gasteiger charge is 2.30. The van der Waals surface area contributed by atoms with Crippen LogP contribution in [0.15, 0.2) is 0 Å². The second-order valence-electron chi connectivity index (χ2n) is 5.85. The van der Waals surface area contributed by atoms with Gasteiger partial charge in [0.25, 0.3) is 0 Å². The number of hydrogen-bond donors (Lipinski definition) is 1. The van der Waals surface area contributed by atoms with E-state index in [0.717, 1.165) is 45.7 Å². The summed E-state index contributed by atoms with van der Waals surface area (Å²) in [6, 6.07) is 0.532. The first-order valence-corrected chi connectivity index (χ1v) is 7.61. The lowest BCUT2D eigenvalue weighted by molar-refractivity contribution is -0.132. The van der Waals surface area contributed by atoms with E-state index < -0.39 is 0 Å². The van der Waals surface area contributed by atoms with E-state index in [1.165, 1.54) is 19.3 Å². The predicted octanol–water partition coefficient (Wildman–Crippen LogP) is -0.0363. The van der Waals surface area contributed by atoms with Crippen LogP contribution in [0.2, 0.25) is 0 Å². The van der Waals surface area contributed by atoms with Gasteiger partial charge in [-0.05, 0) is 38.8 Å². The number of rotatable bonds is 7. The molecule has 2 rings (SSSR count). The van der Waals surface area contributed by atoms with Gasteiger partial charge in [-0.2, -0.15) is 0 Å². The van der Waals surface area contributed by atoms with Crippen molar-refractivity contribution in [1.29, 1.82) is 0 Å². The summed E-state index contributed by atoms with van der Waals surface area (Å²) in [6.45, 7) is 6.77. The molecule has 5 nitrogen and oxygen atoms in total. The van der Waals surface area contributed by atoms with Gasteiger partial charge in [-0.25, -0.2) is 0 Å². The minimum Gasteiger partial charge on any atom is -0.342 e. The Hall–Kier alpha value is -0.650. The third-order valence-electron chi connectivity index (χ3n) is 4.24. The second kappa shape index (κ2) is 7.22. The molecule has 19 heavy (non-hydrogen) atoms. The summed E-state index contributed by atoms with van der Waals surface area (Å²) in [5.41, 5.74) is 5.51. The number of hydrogen-bond acceptors (Lipinski definition) is 4. The number of unbranched alkanes of at least 4 members (excludes halogenated alkanes) is 1. The zero-order chi connectivity index (χ0) is 13.7. The number of piperazine rings is 1. The molecule has 2 N–H and O–H groups in total. The molecule has 0 spiro atoms. The molecular formula is C14H28N4O. The van der Waals surface area contributed by atoms with Gasteiger partial charge in [0, 0.05) is 39.3 Å². The van der Waals surface area contributed by atoms with Crippen LogP contribution in [0.3, 0.4) is 0 Å². The van der Waals surface area contributed by atoms with E-state index in [-0.39, 0.29) is 0 Å². The summed E-state index contributed by atoms with van der Waals surface area (Å²) in [6.07, 6.45) is 4.69. The minimum atomic E-state index is 0.291. The van der Waals surface area contributed by atoms with E-state index in [9.17, 15) is 4.79 Å². The van der Waals surface area contributed by atoms with Crippen LogP contribution < -0.4 is 5.73 Å². The normalized spacial score (nSPS) is 21.6. The molecule has 0 atom stereocenters. The zero-order valence-corrected chi connectivity index (χ0v) is 12.2. The highest BCUT2D eigenvalue weighted by molar-refractivity contribution is 5.78. The fraction of sp³-hybridized carbons (Fsp3) is 0.929. The van der Waals surface area contributed by atoms with Crippen molar-refractivity contribution in [2.45, 2.75) is 31.7 Å². The van der Waals surface area contributed by atoms with E-state index in [2.05, 4.69) is 9.80 Å². The van der Waals surface area contributed by atoms with Crippen molar-refractivity contribution in [2.75, 3.05) is 52.9 Å². The molecule has 1 aliphatic heterocycles. The van der Waals surface area contributed by atoms with Crippen LogP contribution >= 0.6 is 0 Å². The first kappa shape index (κ1) is 14.8. The topological polar surface area (TPSA) is 52.8 Å². The van der Waals surface area contributed by atoms with Crippen LogP contribution in [0, 0.1) is 0 Å². The van der Waals surface area contributed by atoms with Gasteiger partial charge in [0.15, 0.2) is 0 Å². The Balaban J connectivity index is 1.61. The summed E-state index contributed by atoms with van der Waals surface area (Å²) in [7, 11) is 1.95. The Morgan fingerprint density at radius 2 is 1.79 bits per heavy atom. The molecule has 1 aliphatic carbocycles. The largest absolute Gasteiger partial charge is 0.342 e. The van der Waals surface area contributed by atoms with Crippen molar-refractivity contribution in [3.8, 4) is 0 Å². The lowest BCUT2D eigenvalue weighted by atomic mass is 10.2. The van der Waals surface area contributed by atoms with Gasteiger partial charge >= 0.3 is 0 Å². The van der Waals surface area contributed by atoms with Crippen LogP contribution in [-0.4, -0.2) is 79.5 Å². The molecule has 2 fully saturated rings. The first-order valence-electron chi connectivity index (χ1n) is 7.61. The number of likely N-dealkylation sites (N-methyl/N-ethyl adjacent to an activating group) is 1. The molecule has 0 radical (unpaired) electrons. The van der Waals surface area contributed by atoms with Crippen molar-refractivity contribution in [3.63, 3.8) is 0 Å². The highest BCUT2D eigenvalue weighted by atomic mass is 16.2. The highest BCUT2D eigenvalue weighted by Crippen LogP contribution is 2.25. The lowest BCUT2D eigenvalue weighted by Gasteiger charge is -2.35. The quantitative estimate of drug-likeness (QED) is 0.659. The molecular weight excluding hydrogens is 240 g/mol. The Kier molecular flexibility index (Phi) is 5.60. The molecule has 2 aliphatic rings. The van der Waals surface area contributed by atoms with E-state index >= 15 is 0 Å². The van der Waals surface area contributed by atoms with E-state index in [1.807, 2.05) is 11.9 Å². The van der Waals surface area contributed by atoms with Crippen LogP contribution in [-0.2, 0) is 4.79 Å². The summed E-state index contributed by atoms with van der Waals surface area (Å²) in [5.74, 6) is 0.291. The Labute approximate surface area is 116 Å². The monoisotopic (exact) mass is 268 g/mol. The molecule has 1 heterocycles. The predicted molar refractivity (Wildman–Crippen MR) is 77.0 cm³/mol. The van der Waals surface area contributed by atoms with E-state index in [0.29, 0.717) is 18.5 Å². The van der Waals surface area contributed by atoms with Gasteiger partial charge in [0.1, 0.15) is 0 Å². The number of amides is 1. The van der Waals surface area contributed by atoms with Crippen molar-refractivity contribution >= 4 is 5.91 Å². The zero-order valence-electron chi connectivity index (χ0n) is 12.2. The number of nitrogens with zero attached hydrogens (tertiary/aromatic N) is 3. The molecule has 0 bridgehead atoms. The summed E-state index contributed by atoms with van der Waals surface area (Å²) in [5, 5.41) is 0. The second-order valence-corrected chi connectivity index (χ2v) is 5.85. The smallest absolute Gasteiger partial charge is 0.236 e. The van der Waals surface area contributed by atoms with Crippen molar-refractivity contribution in [2.24, 2.45) is 5.73 Å². The summed E-state index contributed by atoms with van der Waals surface area (Å²) < 4.78 is 0. The van der Waals surface area contributed by atoms with E-state index in [4.69, 9.17) is 5.73 Å². The fourth-order valence-electron chi connectivity index (χ4n) is 2.62. The number of carbonyl (C=O) groups excluding carboxylic acids is 1. The standard InChI is InChI=1S/C14H28N4O/c1-16(13-4-5-13)14(19)12-18-10-8-17(9-11-18)7-3-2-6-15/h13H,2-12,15H2,1H3. The molecule has 1 amide bonds. The van der Waals surface area contributed by atoms with Crippen LogP contribution in [0.25, 0.3) is 0 Å². The molecule has 110 valence electrons. The fourth-order valence-corrected chi connectivity index (χ4v) is 2.62. The third kappa shape index (κ3) is 4.75. The summed E-state index contributed by atoms with van der Waals surface area (Å²) in [4.78, 5) is 18.8. The Morgan fingerprint density at radius 1 is 1.16 bits per heavy atom. The van der Waals surface area contributed by atoms with Gasteiger partial charge in [0.2, 0.25) is 5.91 Å². The molecule has 0 unspecified atom stereocenters. The number of carbonyl (C=O) groups is 1. The molecule has 5 heteroatoms. The van der Waals surface area contributed by atoms with Crippen LogP contribution in [0.4, 0.5) is 0 Å². The maximum Gasteiger partial charge on any atom is 0.236 e. The molecule has 1 saturated heterocycles. The molecule has 0 aromatic heterocycles. The van der Waals surface area contributed by atoms with Gasteiger partial charge in [0.05, 0.1) is 6.54 Å². The molecule has 1 saturated carbocycles. The Bertz CT molecular complexity index is 285. The van der Waals surface area contributed by atoms with Gasteiger partial charge in [-0.3, -0.25) is 9.69 Å². The molecule has 0 aromatic carbocycles. The van der Waals surface area contributed by atoms with Gasteiger partial charge < -0.3 is 15.5 Å². The lowest BCUT2D eigenvalue weighted by Crippen LogP contribution is -2.50. The van der Waals surface area contributed by atoms with E-state index in [1.54, 1.807) is 0 Å². The van der Waals surface area contributed by atoms with Gasteiger partial charge in [-0.1, -0.05) is 0 Å². The van der Waals surface area contributed by atoms with Crippen LogP contribution in [0.5, 0.6) is 0 Å². The maximum atomic E-state index is 12.0. The number of nitrogens with two attached hydrogens (primary N) is 1. The Morgan fingerprint density at radius 3 is 2.37 bits per heavy atom. The van der Waals surface area contributed by atoms with Crippen molar-refractivity contribution < 1.29 is 4.79 Å². The average molecular weight is 268 g/mol. The van der Waals surface area contributed by atoms with Crippen molar-refractivity contribution in [3.05, 3.63) is 0 Å². The first-order chi connectivity index (χ1) is 9.20. The third-order valence-corrected chi connectivity index (χ3v) is 4.24. The van der Waals surface area contributed by atoms with Crippen LogP contribution in [0.1, 0.15) is 25.7 Å². The SMILES string of the molecule is CN(C(=O)CN1CCN(CCCCN)CC1)C1CC1.